The first-order valence-corrected chi connectivity index (χ1v) is 14.7. The van der Waals surface area contributed by atoms with Crippen LogP contribution in [0.2, 0.25) is 5.02 Å². The number of rotatable bonds is 3. The van der Waals surface area contributed by atoms with E-state index in [0.717, 1.165) is 12.0 Å². The first kappa shape index (κ1) is 29.5. The highest BCUT2D eigenvalue weighted by Crippen LogP contribution is 2.26. The molecule has 2 N–H and O–H groups in total. The summed E-state index contributed by atoms with van der Waals surface area (Å²) in [5, 5.41) is 14.6. The van der Waals surface area contributed by atoms with Gasteiger partial charge in [0.25, 0.3) is 11.8 Å². The second-order valence-corrected chi connectivity index (χ2v) is 10.8. The number of fused-ring (bicyclic) bond motifs is 14. The van der Waals surface area contributed by atoms with Gasteiger partial charge < -0.3 is 25.0 Å². The summed E-state index contributed by atoms with van der Waals surface area (Å²) in [4.78, 5) is 41.5. The van der Waals surface area contributed by atoms with Crippen molar-refractivity contribution in [3.8, 4) is 5.75 Å². The smallest absolute Gasteiger partial charge is 0.252 e. The van der Waals surface area contributed by atoms with Crippen molar-refractivity contribution in [2.24, 2.45) is 0 Å². The standard InChI is InChI=1S/C30H35ClN6O5/c31-24-18-22-10-11-26(24)41-16-6-14-37-20-23(34-35-37)19-36(30(40)27-9-4-15-42-27)13-5-12-32-29(39)25(33-28(22)38)17-21-7-2-1-3-8-21/h1-3,7-8,10-11,18,20,25,27H,4-6,9,12-17,19H2,(H,32,39)(H,33,38)/t25-,27+/m0/s1. The number of benzene rings is 2. The Kier molecular flexibility index (Phi) is 10.0. The van der Waals surface area contributed by atoms with Crippen LogP contribution in [0.3, 0.4) is 0 Å². The van der Waals surface area contributed by atoms with Crippen molar-refractivity contribution < 1.29 is 23.9 Å². The SMILES string of the molecule is O=C1N[C@@H](Cc2ccccc2)C(=O)NCCCN(C(=O)[C@H]2CCCO2)Cc2cn(nn2)CCCOc2ccc1cc2Cl. The van der Waals surface area contributed by atoms with E-state index in [4.69, 9.17) is 21.1 Å². The molecule has 0 unspecified atom stereocenters. The van der Waals surface area contributed by atoms with Crippen molar-refractivity contribution in [2.75, 3.05) is 26.3 Å². The number of hydrogen-bond acceptors (Lipinski definition) is 7. The van der Waals surface area contributed by atoms with Crippen LogP contribution in [0.1, 0.15) is 47.3 Å². The molecule has 1 saturated heterocycles. The molecule has 2 aromatic carbocycles. The van der Waals surface area contributed by atoms with Gasteiger partial charge in [0, 0.05) is 44.6 Å². The number of nitrogens with zero attached hydrogens (tertiary/aromatic N) is 4. The Morgan fingerprint density at radius 2 is 1.90 bits per heavy atom. The Hall–Kier alpha value is -3.96. The molecule has 222 valence electrons. The quantitative estimate of drug-likeness (QED) is 0.477. The number of aryl methyl sites for hydroxylation is 1. The summed E-state index contributed by atoms with van der Waals surface area (Å²) in [6.45, 7) is 2.53. The number of ether oxygens (including phenoxy) is 2. The van der Waals surface area contributed by atoms with E-state index in [1.165, 1.54) is 6.07 Å². The van der Waals surface area contributed by atoms with Gasteiger partial charge in [-0.1, -0.05) is 47.1 Å². The maximum Gasteiger partial charge on any atom is 0.252 e. The Bertz CT molecular complexity index is 1380. The van der Waals surface area contributed by atoms with E-state index in [9.17, 15) is 14.4 Å². The molecule has 1 fully saturated rings. The van der Waals surface area contributed by atoms with Crippen LogP contribution in [-0.2, 0) is 33.8 Å². The Morgan fingerprint density at radius 3 is 2.69 bits per heavy atom. The van der Waals surface area contributed by atoms with Crippen molar-refractivity contribution in [1.82, 2.24) is 30.5 Å². The number of aromatic nitrogens is 3. The molecule has 0 aliphatic carbocycles. The molecule has 0 radical (unpaired) electrons. The number of carbonyl (C=O) groups excluding carboxylic acids is 3. The van der Waals surface area contributed by atoms with Gasteiger partial charge in [-0.05, 0) is 43.0 Å². The van der Waals surface area contributed by atoms with Gasteiger partial charge in [-0.15, -0.1) is 5.10 Å². The summed E-state index contributed by atoms with van der Waals surface area (Å²) in [5.74, 6) is -0.361. The van der Waals surface area contributed by atoms with Crippen molar-refractivity contribution >= 4 is 29.3 Å². The molecule has 0 saturated carbocycles. The van der Waals surface area contributed by atoms with Gasteiger partial charge in [0.1, 0.15) is 23.6 Å². The number of carbonyl (C=O) groups is 3. The minimum Gasteiger partial charge on any atom is -0.492 e. The third-order valence-corrected chi connectivity index (χ3v) is 7.54. The monoisotopic (exact) mass is 594 g/mol. The van der Waals surface area contributed by atoms with Crippen LogP contribution in [-0.4, -0.2) is 76.1 Å². The van der Waals surface area contributed by atoms with E-state index in [-0.39, 0.29) is 18.4 Å². The van der Waals surface area contributed by atoms with Gasteiger partial charge in [-0.3, -0.25) is 19.1 Å². The van der Waals surface area contributed by atoms with E-state index in [1.54, 1.807) is 21.7 Å². The topological polar surface area (TPSA) is 128 Å². The van der Waals surface area contributed by atoms with Crippen LogP contribution in [0, 0.1) is 0 Å². The van der Waals surface area contributed by atoms with Crippen molar-refractivity contribution in [3.63, 3.8) is 0 Å². The molecule has 42 heavy (non-hydrogen) atoms. The normalized spacial score (nSPS) is 20.7. The van der Waals surface area contributed by atoms with E-state index in [1.807, 2.05) is 36.5 Å². The van der Waals surface area contributed by atoms with E-state index >= 15 is 0 Å². The predicted octanol–water partition coefficient (Wildman–Crippen LogP) is 2.77. The average Bonchev–Trinajstić information content (AvgIpc) is 3.69. The summed E-state index contributed by atoms with van der Waals surface area (Å²) in [7, 11) is 0. The van der Waals surface area contributed by atoms with Gasteiger partial charge in [0.2, 0.25) is 5.91 Å². The molecule has 1 aromatic heterocycles. The minimum atomic E-state index is -0.816. The van der Waals surface area contributed by atoms with E-state index in [2.05, 4.69) is 20.9 Å². The first-order chi connectivity index (χ1) is 20.5. The molecule has 6 rings (SSSR count). The summed E-state index contributed by atoms with van der Waals surface area (Å²) < 4.78 is 13.2. The van der Waals surface area contributed by atoms with Crippen LogP contribution in [0.15, 0.2) is 54.7 Å². The number of nitrogens with one attached hydrogen (secondary N) is 2. The lowest BCUT2D eigenvalue weighted by molar-refractivity contribution is -0.141. The van der Waals surface area contributed by atoms with Gasteiger partial charge in [-0.25, -0.2) is 0 Å². The third kappa shape index (κ3) is 7.86. The lowest BCUT2D eigenvalue weighted by atomic mass is 10.0. The highest BCUT2D eigenvalue weighted by Gasteiger charge is 2.29. The zero-order chi connectivity index (χ0) is 29.3. The van der Waals surface area contributed by atoms with Crippen LogP contribution in [0.25, 0.3) is 0 Å². The predicted molar refractivity (Wildman–Crippen MR) is 155 cm³/mol. The minimum absolute atomic E-state index is 0.0872. The Balaban J connectivity index is 1.34. The fourth-order valence-electron chi connectivity index (χ4n) is 5.03. The van der Waals surface area contributed by atoms with Crippen molar-refractivity contribution in [1.29, 1.82) is 0 Å². The number of amides is 3. The molecule has 3 aromatic rings. The third-order valence-electron chi connectivity index (χ3n) is 7.25. The maximum atomic E-state index is 13.3. The summed E-state index contributed by atoms with van der Waals surface area (Å²) in [5.41, 5.74) is 1.90. The molecule has 4 bridgehead atoms. The fraction of sp³-hybridized carbons (Fsp3) is 0.433. The largest absolute Gasteiger partial charge is 0.492 e. The highest BCUT2D eigenvalue weighted by atomic mass is 35.5. The van der Waals surface area contributed by atoms with Crippen LogP contribution in [0.4, 0.5) is 0 Å². The average molecular weight is 595 g/mol. The summed E-state index contributed by atoms with van der Waals surface area (Å²) in [6, 6.07) is 13.5. The highest BCUT2D eigenvalue weighted by molar-refractivity contribution is 6.32. The molecule has 4 heterocycles. The molecule has 3 aliphatic heterocycles. The zero-order valence-corrected chi connectivity index (χ0v) is 24.1. The van der Waals surface area contributed by atoms with Crippen molar-refractivity contribution in [3.05, 3.63) is 76.6 Å². The summed E-state index contributed by atoms with van der Waals surface area (Å²) in [6.07, 6.45) is 4.37. The van der Waals surface area contributed by atoms with E-state index < -0.39 is 18.1 Å². The van der Waals surface area contributed by atoms with Crippen LogP contribution < -0.4 is 15.4 Å². The fourth-order valence-corrected chi connectivity index (χ4v) is 5.27. The first-order valence-electron chi connectivity index (χ1n) is 14.3. The summed E-state index contributed by atoms with van der Waals surface area (Å²) >= 11 is 6.43. The van der Waals surface area contributed by atoms with Crippen LogP contribution >= 0.6 is 11.6 Å². The second kappa shape index (κ2) is 14.3. The molecule has 11 nitrogen and oxygen atoms in total. The van der Waals surface area contributed by atoms with E-state index in [0.29, 0.717) is 80.6 Å². The van der Waals surface area contributed by atoms with Gasteiger partial charge in [0.15, 0.2) is 0 Å². The maximum absolute atomic E-state index is 13.3. The van der Waals surface area contributed by atoms with Gasteiger partial charge >= 0.3 is 0 Å². The Labute approximate surface area is 249 Å². The molecule has 2 atom stereocenters. The zero-order valence-electron chi connectivity index (χ0n) is 23.3. The van der Waals surface area contributed by atoms with Gasteiger partial charge in [-0.2, -0.15) is 0 Å². The molecular weight excluding hydrogens is 560 g/mol. The molecule has 3 amide bonds. The second-order valence-electron chi connectivity index (χ2n) is 10.4. The van der Waals surface area contributed by atoms with Gasteiger partial charge in [0.05, 0.1) is 24.4 Å². The molecule has 3 aliphatic rings. The van der Waals surface area contributed by atoms with Crippen molar-refractivity contribution in [2.45, 2.75) is 57.3 Å². The molecular formula is C30H35ClN6O5. The Morgan fingerprint density at radius 1 is 1.05 bits per heavy atom. The molecule has 12 heteroatoms. The van der Waals surface area contributed by atoms with Crippen LogP contribution in [0.5, 0.6) is 5.75 Å². The lowest BCUT2D eigenvalue weighted by Gasteiger charge is -2.25. The lowest BCUT2D eigenvalue weighted by Crippen LogP contribution is -2.48. The number of hydrogen-bond donors (Lipinski definition) is 2. The number of halogens is 1. The molecule has 0 spiro atoms.